The number of aryl methyl sites for hydroxylation is 5. The molecule has 8 aromatic rings. The second-order valence-electron chi connectivity index (χ2n) is 16.0. The minimum Gasteiger partial charge on any atom is -0.439 e. The van der Waals surface area contributed by atoms with E-state index >= 15 is 0 Å². The van der Waals surface area contributed by atoms with Gasteiger partial charge in [-0.15, -0.1) is 0 Å². The summed E-state index contributed by atoms with van der Waals surface area (Å²) in [6.45, 7) is 10.5. The molecule has 0 aliphatic rings. The summed E-state index contributed by atoms with van der Waals surface area (Å²) in [6, 6.07) is 37.5. The van der Waals surface area contributed by atoms with Gasteiger partial charge in [0, 0.05) is 48.6 Å². The maximum absolute atomic E-state index is 13.4. The molecule has 2 N–H and O–H groups in total. The third-order valence-corrected chi connectivity index (χ3v) is 11.5. The number of imidazole rings is 2. The van der Waals surface area contributed by atoms with Crippen molar-refractivity contribution in [1.82, 2.24) is 24.1 Å². The number of aromatic nitrogens is 5. The van der Waals surface area contributed by atoms with Gasteiger partial charge in [0.05, 0.1) is 23.8 Å². The third kappa shape index (κ3) is 8.95. The fourth-order valence-corrected chi connectivity index (χ4v) is 7.75. The van der Waals surface area contributed by atoms with E-state index in [4.69, 9.17) is 4.74 Å². The lowest BCUT2D eigenvalue weighted by Crippen LogP contribution is -2.15. The number of carbonyl (C=O) groups excluding carboxylic acids is 2. The van der Waals surface area contributed by atoms with Gasteiger partial charge in [-0.05, 0) is 140 Å². The largest absolute Gasteiger partial charge is 0.439 e. The van der Waals surface area contributed by atoms with E-state index in [1.54, 1.807) is 36.7 Å². The first-order chi connectivity index (χ1) is 29.9. The molecule has 0 fully saturated rings. The highest BCUT2D eigenvalue weighted by molar-refractivity contribution is 6.04. The van der Waals surface area contributed by atoms with Crippen molar-refractivity contribution in [2.24, 2.45) is 14.1 Å². The molecular formula is C52H49N7O3. The first kappa shape index (κ1) is 41.2. The molecule has 10 heteroatoms. The SMILES string of the molecule is Cc1cc(C)c(-c2cnc(NC(=O)c3cccc(Oc4ccc(Cc5cc(C)c(-c6cnc(NC(=O)c7cccc(Cc8ccccc8)c7)n6C)cc5C)cn4)c3)n2C)cc1C. The topological polar surface area (TPSA) is 116 Å². The van der Waals surface area contributed by atoms with Gasteiger partial charge < -0.3 is 13.9 Å². The van der Waals surface area contributed by atoms with Gasteiger partial charge in [0.15, 0.2) is 0 Å². The molecular weight excluding hydrogens is 771 g/mol. The number of benzene rings is 5. The van der Waals surface area contributed by atoms with Crippen LogP contribution in [0, 0.1) is 34.6 Å². The van der Waals surface area contributed by atoms with E-state index in [0.717, 1.165) is 56.8 Å². The second-order valence-corrected chi connectivity index (χ2v) is 16.0. The van der Waals surface area contributed by atoms with Crippen molar-refractivity contribution < 1.29 is 14.3 Å². The lowest BCUT2D eigenvalue weighted by Gasteiger charge is -2.14. The summed E-state index contributed by atoms with van der Waals surface area (Å²) in [5, 5.41) is 5.96. The maximum Gasteiger partial charge on any atom is 0.258 e. The zero-order valence-electron chi connectivity index (χ0n) is 36.1. The maximum atomic E-state index is 13.4. The Balaban J connectivity index is 0.892. The Labute approximate surface area is 362 Å². The summed E-state index contributed by atoms with van der Waals surface area (Å²) in [7, 11) is 3.81. The summed E-state index contributed by atoms with van der Waals surface area (Å²) >= 11 is 0. The first-order valence-corrected chi connectivity index (χ1v) is 20.6. The molecule has 0 atom stereocenters. The number of nitrogens with zero attached hydrogens (tertiary/aromatic N) is 5. The van der Waals surface area contributed by atoms with Gasteiger partial charge in [-0.2, -0.15) is 0 Å². The fraction of sp³-hybridized carbons (Fsp3) is 0.173. The molecule has 0 saturated heterocycles. The van der Waals surface area contributed by atoms with Crippen LogP contribution in [0.5, 0.6) is 11.6 Å². The van der Waals surface area contributed by atoms with E-state index < -0.39 is 0 Å². The third-order valence-electron chi connectivity index (χ3n) is 11.5. The highest BCUT2D eigenvalue weighted by atomic mass is 16.5. The molecule has 0 bridgehead atoms. The number of anilines is 2. The average Bonchev–Trinajstić information content (AvgIpc) is 3.81. The summed E-state index contributed by atoms with van der Waals surface area (Å²) in [5.74, 6) is 1.35. The molecule has 3 heterocycles. The van der Waals surface area contributed by atoms with Gasteiger partial charge in [0.1, 0.15) is 5.75 Å². The Hall–Kier alpha value is -7.59. The van der Waals surface area contributed by atoms with Crippen molar-refractivity contribution in [1.29, 1.82) is 0 Å². The molecule has 2 amide bonds. The molecule has 8 rings (SSSR count). The van der Waals surface area contributed by atoms with E-state index in [2.05, 4.69) is 96.6 Å². The van der Waals surface area contributed by atoms with E-state index in [0.29, 0.717) is 41.1 Å². The lowest BCUT2D eigenvalue weighted by molar-refractivity contribution is 0.101. The molecule has 62 heavy (non-hydrogen) atoms. The number of hydrogen-bond acceptors (Lipinski definition) is 6. The number of hydrogen-bond donors (Lipinski definition) is 2. The smallest absolute Gasteiger partial charge is 0.258 e. The summed E-state index contributed by atoms with van der Waals surface area (Å²) < 4.78 is 9.91. The van der Waals surface area contributed by atoms with Crippen LogP contribution in [-0.4, -0.2) is 35.9 Å². The molecule has 0 unspecified atom stereocenters. The predicted molar refractivity (Wildman–Crippen MR) is 246 cm³/mol. The zero-order valence-corrected chi connectivity index (χ0v) is 36.1. The van der Waals surface area contributed by atoms with Crippen LogP contribution in [0.3, 0.4) is 0 Å². The quantitative estimate of drug-likeness (QED) is 0.127. The minimum atomic E-state index is -0.292. The molecule has 0 aliphatic carbocycles. The van der Waals surface area contributed by atoms with Crippen LogP contribution in [0.15, 0.2) is 134 Å². The van der Waals surface area contributed by atoms with Crippen molar-refractivity contribution in [3.63, 3.8) is 0 Å². The minimum absolute atomic E-state index is 0.205. The summed E-state index contributed by atoms with van der Waals surface area (Å²) in [4.78, 5) is 40.4. The summed E-state index contributed by atoms with van der Waals surface area (Å²) in [6.07, 6.45) is 6.84. The van der Waals surface area contributed by atoms with Crippen LogP contribution in [0.1, 0.15) is 70.8 Å². The fourth-order valence-electron chi connectivity index (χ4n) is 7.75. The average molecular weight is 820 g/mol. The van der Waals surface area contributed by atoms with Crippen LogP contribution < -0.4 is 15.4 Å². The number of rotatable bonds is 12. The number of amides is 2. The molecule has 5 aromatic carbocycles. The van der Waals surface area contributed by atoms with Crippen molar-refractivity contribution >= 4 is 23.7 Å². The highest BCUT2D eigenvalue weighted by Crippen LogP contribution is 2.31. The van der Waals surface area contributed by atoms with E-state index in [9.17, 15) is 9.59 Å². The molecule has 10 nitrogen and oxygen atoms in total. The van der Waals surface area contributed by atoms with E-state index in [-0.39, 0.29) is 11.8 Å². The molecule has 0 radical (unpaired) electrons. The van der Waals surface area contributed by atoms with Gasteiger partial charge in [-0.1, -0.05) is 66.7 Å². The van der Waals surface area contributed by atoms with Crippen molar-refractivity contribution in [2.75, 3.05) is 10.6 Å². The molecule has 0 saturated carbocycles. The Morgan fingerprint density at radius 3 is 1.74 bits per heavy atom. The van der Waals surface area contributed by atoms with Crippen molar-refractivity contribution in [3.05, 3.63) is 195 Å². The Morgan fingerprint density at radius 2 is 1.10 bits per heavy atom. The predicted octanol–water partition coefficient (Wildman–Crippen LogP) is 10.9. The lowest BCUT2D eigenvalue weighted by atomic mass is 9.94. The molecule has 310 valence electrons. The van der Waals surface area contributed by atoms with Crippen LogP contribution in [-0.2, 0) is 26.9 Å². The molecule has 0 aliphatic heterocycles. The van der Waals surface area contributed by atoms with E-state index in [1.807, 2.05) is 84.0 Å². The van der Waals surface area contributed by atoms with E-state index in [1.165, 1.54) is 22.3 Å². The molecule has 0 spiro atoms. The first-order valence-electron chi connectivity index (χ1n) is 20.6. The van der Waals surface area contributed by atoms with Crippen LogP contribution in [0.25, 0.3) is 22.5 Å². The monoisotopic (exact) mass is 819 g/mol. The summed E-state index contributed by atoms with van der Waals surface area (Å²) in [5.41, 5.74) is 15.3. The van der Waals surface area contributed by atoms with Crippen LogP contribution in [0.2, 0.25) is 0 Å². The highest BCUT2D eigenvalue weighted by Gasteiger charge is 2.18. The van der Waals surface area contributed by atoms with Crippen molar-refractivity contribution in [3.8, 4) is 34.1 Å². The Kier molecular flexibility index (Phi) is 11.7. The standard InChI is InChI=1S/C52H49N7O3/c1-32-21-35(4)44(23-33(32)2)46-30-54-52(58(46)6)57-50(61)41-17-12-18-43(28-41)62-48-20-19-39(29-53-48)27-42-22-36(5)45(24-34(42)3)47-31-55-51(59(47)7)56-49(60)40-16-11-15-38(26-40)25-37-13-9-8-10-14-37/h8-24,26,28-31H,25,27H2,1-7H3,(H,54,57,61)(H,55,56,60). The number of carbonyl (C=O) groups is 2. The Bertz CT molecular complexity index is 2950. The van der Waals surface area contributed by atoms with Gasteiger partial charge >= 0.3 is 0 Å². The number of pyridine rings is 1. The number of ether oxygens (including phenoxy) is 1. The van der Waals surface area contributed by atoms with Gasteiger partial charge in [-0.25, -0.2) is 15.0 Å². The molecule has 3 aromatic heterocycles. The normalized spacial score (nSPS) is 11.1. The zero-order chi connectivity index (χ0) is 43.5. The Morgan fingerprint density at radius 1 is 0.516 bits per heavy atom. The van der Waals surface area contributed by atoms with Crippen LogP contribution in [0.4, 0.5) is 11.9 Å². The van der Waals surface area contributed by atoms with Crippen LogP contribution >= 0.6 is 0 Å². The van der Waals surface area contributed by atoms with Gasteiger partial charge in [0.2, 0.25) is 17.8 Å². The van der Waals surface area contributed by atoms with Crippen molar-refractivity contribution in [2.45, 2.75) is 47.5 Å². The second kappa shape index (κ2) is 17.6. The number of nitrogens with one attached hydrogen (secondary N) is 2. The van der Waals surface area contributed by atoms with Gasteiger partial charge in [-0.3, -0.25) is 20.2 Å². The van der Waals surface area contributed by atoms with Gasteiger partial charge in [0.25, 0.3) is 11.8 Å².